The zero-order valence-corrected chi connectivity index (χ0v) is 19.2. The molecule has 1 saturated carbocycles. The second-order valence-electron chi connectivity index (χ2n) is 9.22. The van der Waals surface area contributed by atoms with Gasteiger partial charge in [0.1, 0.15) is 5.75 Å². The molecule has 1 N–H and O–H groups in total. The number of amides is 1. The van der Waals surface area contributed by atoms with Gasteiger partial charge in [-0.05, 0) is 61.9 Å². The largest absolute Gasteiger partial charge is 0.472 e. The molecule has 2 heterocycles. The molecule has 3 unspecified atom stereocenters. The van der Waals surface area contributed by atoms with Crippen LogP contribution < -0.4 is 10.1 Å². The summed E-state index contributed by atoms with van der Waals surface area (Å²) in [5.41, 5.74) is 2.19. The zero-order valence-electron chi connectivity index (χ0n) is 19.2. The number of carbonyl (C=O) groups is 2. The molecule has 1 aromatic heterocycles. The molecule has 6 heteroatoms. The van der Waals surface area contributed by atoms with Crippen molar-refractivity contribution in [3.05, 3.63) is 73.2 Å². The van der Waals surface area contributed by atoms with Crippen LogP contribution in [0.3, 0.4) is 0 Å². The van der Waals surface area contributed by atoms with Crippen molar-refractivity contribution in [1.29, 1.82) is 0 Å². The number of likely N-dealkylation sites (tertiary alicyclic amines) is 1. The van der Waals surface area contributed by atoms with Gasteiger partial charge in [-0.15, -0.1) is 6.58 Å². The summed E-state index contributed by atoms with van der Waals surface area (Å²) in [6.45, 7) is 12.1. The molecule has 2 aliphatic rings. The summed E-state index contributed by atoms with van der Waals surface area (Å²) in [6, 6.07) is 9.71. The number of nitrogens with zero attached hydrogens (tertiary/aromatic N) is 1. The Balaban J connectivity index is 1.58. The van der Waals surface area contributed by atoms with Gasteiger partial charge in [-0.25, -0.2) is 0 Å². The average Bonchev–Trinajstić information content (AvgIpc) is 3.33. The number of piperidine rings is 1. The normalized spacial score (nSPS) is 25.0. The van der Waals surface area contributed by atoms with E-state index in [2.05, 4.69) is 29.4 Å². The Morgan fingerprint density at radius 1 is 1.33 bits per heavy atom. The average molecular weight is 449 g/mol. The SMILES string of the molecule is C=CCN1CCC2(c3cccc(OC(C)=O)c3)CC(NC(=O)C(=C)c3ccoc3)CCC2C1. The van der Waals surface area contributed by atoms with Crippen molar-refractivity contribution in [2.75, 3.05) is 19.6 Å². The Labute approximate surface area is 195 Å². The van der Waals surface area contributed by atoms with Crippen LogP contribution in [0.1, 0.15) is 43.7 Å². The van der Waals surface area contributed by atoms with Gasteiger partial charge in [0, 0.05) is 42.6 Å². The molecule has 1 aliphatic carbocycles. The van der Waals surface area contributed by atoms with E-state index < -0.39 is 0 Å². The van der Waals surface area contributed by atoms with E-state index in [0.717, 1.165) is 45.3 Å². The Morgan fingerprint density at radius 2 is 2.18 bits per heavy atom. The highest BCUT2D eigenvalue weighted by Gasteiger charge is 2.48. The van der Waals surface area contributed by atoms with Gasteiger partial charge in [0.2, 0.25) is 0 Å². The summed E-state index contributed by atoms with van der Waals surface area (Å²) >= 11 is 0. The van der Waals surface area contributed by atoms with E-state index in [9.17, 15) is 9.59 Å². The number of hydrogen-bond acceptors (Lipinski definition) is 5. The molecule has 0 spiro atoms. The van der Waals surface area contributed by atoms with Gasteiger partial charge >= 0.3 is 5.97 Å². The first-order valence-corrected chi connectivity index (χ1v) is 11.6. The third-order valence-electron chi connectivity index (χ3n) is 7.15. The standard InChI is InChI=1S/C27H32N2O4/c1-4-12-29-13-11-27(22-6-5-7-25(15-22)33-20(3)30)16-24(9-8-23(27)17-29)28-26(31)19(2)21-10-14-32-18-21/h4-7,10,14-15,18,23-24H,1-2,8-9,11-13,16-17H2,3H3,(H,28,31). The Kier molecular flexibility index (Phi) is 6.84. The third kappa shape index (κ3) is 4.96. The number of benzene rings is 1. The van der Waals surface area contributed by atoms with Gasteiger partial charge in [0.05, 0.1) is 12.5 Å². The lowest BCUT2D eigenvalue weighted by Gasteiger charge is -2.53. The molecule has 1 aromatic carbocycles. The van der Waals surface area contributed by atoms with E-state index in [0.29, 0.717) is 22.8 Å². The topological polar surface area (TPSA) is 71.8 Å². The maximum Gasteiger partial charge on any atom is 0.308 e. The summed E-state index contributed by atoms with van der Waals surface area (Å²) in [5, 5.41) is 3.22. The Hall–Kier alpha value is -3.12. The van der Waals surface area contributed by atoms with Crippen LogP contribution in [0.5, 0.6) is 5.75 Å². The molecule has 1 saturated heterocycles. The van der Waals surface area contributed by atoms with Crippen LogP contribution in [0.15, 0.2) is 66.5 Å². The van der Waals surface area contributed by atoms with E-state index in [4.69, 9.17) is 9.15 Å². The summed E-state index contributed by atoms with van der Waals surface area (Å²) in [4.78, 5) is 26.9. The Morgan fingerprint density at radius 3 is 2.91 bits per heavy atom. The summed E-state index contributed by atoms with van der Waals surface area (Å²) < 4.78 is 10.5. The number of hydrogen-bond donors (Lipinski definition) is 1. The molecule has 2 fully saturated rings. The van der Waals surface area contributed by atoms with Gasteiger partial charge in [0.15, 0.2) is 0 Å². The summed E-state index contributed by atoms with van der Waals surface area (Å²) in [7, 11) is 0. The van der Waals surface area contributed by atoms with Gasteiger partial charge in [-0.1, -0.05) is 24.8 Å². The second kappa shape index (κ2) is 9.79. The van der Waals surface area contributed by atoms with Gasteiger partial charge in [-0.2, -0.15) is 0 Å². The first-order valence-electron chi connectivity index (χ1n) is 11.6. The number of carbonyl (C=O) groups excluding carboxylic acids is 2. The molecular weight excluding hydrogens is 416 g/mol. The molecule has 6 nitrogen and oxygen atoms in total. The van der Waals surface area contributed by atoms with Crippen molar-refractivity contribution in [3.63, 3.8) is 0 Å². The van der Waals surface area contributed by atoms with E-state index >= 15 is 0 Å². The number of furan rings is 1. The number of esters is 1. The highest BCUT2D eigenvalue weighted by molar-refractivity contribution is 6.18. The predicted molar refractivity (Wildman–Crippen MR) is 128 cm³/mol. The Bertz CT molecular complexity index is 1030. The van der Waals surface area contributed by atoms with Gasteiger partial charge in [-0.3, -0.25) is 14.5 Å². The molecule has 3 atom stereocenters. The fourth-order valence-electron chi connectivity index (χ4n) is 5.56. The van der Waals surface area contributed by atoms with Crippen LogP contribution in [0.4, 0.5) is 0 Å². The van der Waals surface area contributed by atoms with E-state index in [1.165, 1.54) is 18.8 Å². The molecule has 33 heavy (non-hydrogen) atoms. The maximum atomic E-state index is 12.9. The molecule has 4 rings (SSSR count). The van der Waals surface area contributed by atoms with E-state index in [1.54, 1.807) is 12.3 Å². The lowest BCUT2D eigenvalue weighted by molar-refractivity contribution is -0.131. The minimum absolute atomic E-state index is 0.0423. The number of rotatable bonds is 7. The van der Waals surface area contributed by atoms with Crippen molar-refractivity contribution < 1.29 is 18.7 Å². The molecular formula is C27H32N2O4. The third-order valence-corrected chi connectivity index (χ3v) is 7.15. The number of fused-ring (bicyclic) bond motifs is 1. The van der Waals surface area contributed by atoms with E-state index in [-0.39, 0.29) is 23.3 Å². The highest BCUT2D eigenvalue weighted by Crippen LogP contribution is 2.49. The smallest absolute Gasteiger partial charge is 0.308 e. The lowest BCUT2D eigenvalue weighted by Crippen LogP contribution is -2.56. The van der Waals surface area contributed by atoms with Crippen LogP contribution in [0, 0.1) is 5.92 Å². The molecule has 0 bridgehead atoms. The van der Waals surface area contributed by atoms with Gasteiger partial charge < -0.3 is 14.5 Å². The molecule has 1 amide bonds. The summed E-state index contributed by atoms with van der Waals surface area (Å²) in [5.74, 6) is 0.534. The first kappa shape index (κ1) is 23.1. The molecule has 174 valence electrons. The maximum absolute atomic E-state index is 12.9. The van der Waals surface area contributed by atoms with E-state index in [1.807, 2.05) is 24.3 Å². The molecule has 0 radical (unpaired) electrons. The van der Waals surface area contributed by atoms with Crippen LogP contribution in [0.25, 0.3) is 5.57 Å². The fourth-order valence-corrected chi connectivity index (χ4v) is 5.56. The van der Waals surface area contributed by atoms with Crippen LogP contribution in [-0.2, 0) is 15.0 Å². The van der Waals surface area contributed by atoms with Crippen molar-refractivity contribution in [2.24, 2.45) is 5.92 Å². The monoisotopic (exact) mass is 448 g/mol. The molecule has 1 aliphatic heterocycles. The highest BCUT2D eigenvalue weighted by atomic mass is 16.5. The zero-order chi connectivity index (χ0) is 23.4. The van der Waals surface area contributed by atoms with Crippen molar-refractivity contribution >= 4 is 17.4 Å². The number of nitrogens with one attached hydrogen (secondary N) is 1. The fraction of sp³-hybridized carbons (Fsp3) is 0.407. The van der Waals surface area contributed by atoms with Crippen LogP contribution in [0.2, 0.25) is 0 Å². The minimum atomic E-state index is -0.325. The predicted octanol–water partition coefficient (Wildman–Crippen LogP) is 4.33. The van der Waals surface area contributed by atoms with Gasteiger partial charge in [0.25, 0.3) is 5.91 Å². The first-order chi connectivity index (χ1) is 15.9. The minimum Gasteiger partial charge on any atom is -0.472 e. The lowest BCUT2D eigenvalue weighted by atomic mass is 9.58. The van der Waals surface area contributed by atoms with Crippen molar-refractivity contribution in [2.45, 2.75) is 44.1 Å². The second-order valence-corrected chi connectivity index (χ2v) is 9.22. The van der Waals surface area contributed by atoms with Crippen LogP contribution in [-0.4, -0.2) is 42.5 Å². The summed E-state index contributed by atoms with van der Waals surface area (Å²) in [6.07, 6.45) is 8.79. The van der Waals surface area contributed by atoms with Crippen molar-refractivity contribution in [3.8, 4) is 5.75 Å². The number of ether oxygens (including phenoxy) is 1. The molecule has 2 aromatic rings. The van der Waals surface area contributed by atoms with Crippen molar-refractivity contribution in [1.82, 2.24) is 10.2 Å². The quantitative estimate of drug-likeness (QED) is 0.295. The van der Waals surface area contributed by atoms with Crippen LogP contribution >= 0.6 is 0 Å².